The summed E-state index contributed by atoms with van der Waals surface area (Å²) >= 11 is 1.19. The highest BCUT2D eigenvalue weighted by atomic mass is 32.2. The minimum Gasteiger partial charge on any atom is -0.279 e. The Kier molecular flexibility index (Phi) is 2.50. The van der Waals surface area contributed by atoms with Crippen LogP contribution in [0.5, 0.6) is 0 Å². The van der Waals surface area contributed by atoms with Crippen LogP contribution >= 0.6 is 11.8 Å². The summed E-state index contributed by atoms with van der Waals surface area (Å²) in [4.78, 5) is 15.6. The maximum Gasteiger partial charge on any atom is 0.243 e. The number of rotatable bonds is 1. The first-order valence-corrected chi connectivity index (χ1v) is 5.15. The van der Waals surface area contributed by atoms with Crippen molar-refractivity contribution < 1.29 is 4.79 Å². The molecule has 1 aliphatic heterocycles. The van der Waals surface area contributed by atoms with Crippen LogP contribution in [-0.2, 0) is 4.79 Å². The van der Waals surface area contributed by atoms with Gasteiger partial charge in [0.2, 0.25) is 5.12 Å². The predicted octanol–water partition coefficient (Wildman–Crippen LogP) is 2.61. The number of carbonyl (C=O) groups is 1. The number of benzene rings is 1. The number of aliphatic imine (C=N–C) groups is 1. The molecular weight excluding hydrogens is 194 g/mol. The highest BCUT2D eigenvalue weighted by Gasteiger charge is 2.21. The zero-order valence-corrected chi connectivity index (χ0v) is 8.54. The highest BCUT2D eigenvalue weighted by Crippen LogP contribution is 2.26. The van der Waals surface area contributed by atoms with Crippen molar-refractivity contribution in [3.05, 3.63) is 47.7 Å². The summed E-state index contributed by atoms with van der Waals surface area (Å²) in [5, 5.41) is 0.829. The van der Waals surface area contributed by atoms with E-state index in [1.807, 2.05) is 37.3 Å². The quantitative estimate of drug-likeness (QED) is 0.656. The first-order valence-electron chi connectivity index (χ1n) is 4.34. The number of hydrogen-bond donors (Lipinski definition) is 0. The Bertz CT molecular complexity index is 420. The van der Waals surface area contributed by atoms with Crippen molar-refractivity contribution in [1.82, 2.24) is 0 Å². The van der Waals surface area contributed by atoms with Crippen LogP contribution in [0.3, 0.4) is 0 Å². The van der Waals surface area contributed by atoms with E-state index in [4.69, 9.17) is 0 Å². The van der Waals surface area contributed by atoms with E-state index in [2.05, 4.69) is 4.99 Å². The summed E-state index contributed by atoms with van der Waals surface area (Å²) in [6.45, 7) is 1.82. The van der Waals surface area contributed by atoms with Crippen LogP contribution in [0, 0.1) is 0 Å². The maximum absolute atomic E-state index is 11.4. The van der Waals surface area contributed by atoms with Crippen molar-refractivity contribution in [2.45, 2.75) is 6.92 Å². The minimum absolute atomic E-state index is 0.0337. The molecular formula is C11H9NOS. The zero-order chi connectivity index (χ0) is 9.97. The molecule has 1 heterocycles. The second-order valence-electron chi connectivity index (χ2n) is 2.85. The van der Waals surface area contributed by atoms with Gasteiger partial charge >= 0.3 is 0 Å². The Labute approximate surface area is 86.7 Å². The predicted molar refractivity (Wildman–Crippen MR) is 59.3 cm³/mol. The molecule has 1 aliphatic rings. The van der Waals surface area contributed by atoms with Gasteiger partial charge in [0.1, 0.15) is 10.7 Å². The molecule has 0 saturated carbocycles. The molecule has 0 radical (unpaired) electrons. The Morgan fingerprint density at radius 3 is 2.57 bits per heavy atom. The number of thioether (sulfide) groups is 1. The third-order valence-corrected chi connectivity index (χ3v) is 2.83. The van der Waals surface area contributed by atoms with Crippen molar-refractivity contribution >= 4 is 21.9 Å². The SMILES string of the molecule is C/C=C1/N=C(c2ccccc2)SC1=O. The van der Waals surface area contributed by atoms with E-state index in [0.717, 1.165) is 10.6 Å². The molecule has 0 bridgehead atoms. The molecule has 70 valence electrons. The van der Waals surface area contributed by atoms with Crippen LogP contribution in [0.2, 0.25) is 0 Å². The van der Waals surface area contributed by atoms with Crippen LogP contribution in [0.1, 0.15) is 12.5 Å². The first-order chi connectivity index (χ1) is 6.81. The Hall–Kier alpha value is -1.35. The van der Waals surface area contributed by atoms with E-state index in [1.165, 1.54) is 11.8 Å². The van der Waals surface area contributed by atoms with Gasteiger partial charge in [-0.2, -0.15) is 0 Å². The van der Waals surface area contributed by atoms with Crippen LogP contribution in [0.25, 0.3) is 0 Å². The summed E-state index contributed by atoms with van der Waals surface area (Å²) in [5.41, 5.74) is 1.55. The fraction of sp³-hybridized carbons (Fsp3) is 0.0909. The van der Waals surface area contributed by atoms with Crippen molar-refractivity contribution in [3.63, 3.8) is 0 Å². The Morgan fingerprint density at radius 2 is 2.00 bits per heavy atom. The van der Waals surface area contributed by atoms with Gasteiger partial charge in [0.15, 0.2) is 0 Å². The van der Waals surface area contributed by atoms with Crippen LogP contribution < -0.4 is 0 Å². The summed E-state index contributed by atoms with van der Waals surface area (Å²) in [5.74, 6) is 0. The van der Waals surface area contributed by atoms with Gasteiger partial charge in [-0.15, -0.1) is 0 Å². The maximum atomic E-state index is 11.4. The topological polar surface area (TPSA) is 29.4 Å². The monoisotopic (exact) mass is 203 g/mol. The van der Waals surface area contributed by atoms with Crippen molar-refractivity contribution in [1.29, 1.82) is 0 Å². The lowest BCUT2D eigenvalue weighted by atomic mass is 10.2. The molecule has 0 aliphatic carbocycles. The molecule has 0 saturated heterocycles. The van der Waals surface area contributed by atoms with E-state index < -0.39 is 0 Å². The normalized spacial score (nSPS) is 18.8. The van der Waals surface area contributed by atoms with Gasteiger partial charge in [0, 0.05) is 5.56 Å². The Morgan fingerprint density at radius 1 is 1.29 bits per heavy atom. The number of carbonyl (C=O) groups excluding carboxylic acids is 1. The number of nitrogens with zero attached hydrogens (tertiary/aromatic N) is 1. The van der Waals surface area contributed by atoms with E-state index in [9.17, 15) is 4.79 Å². The molecule has 1 aromatic rings. The summed E-state index contributed by atoms with van der Waals surface area (Å²) < 4.78 is 0. The average Bonchev–Trinajstić information content (AvgIpc) is 2.61. The van der Waals surface area contributed by atoms with Crippen molar-refractivity contribution in [3.8, 4) is 0 Å². The molecule has 14 heavy (non-hydrogen) atoms. The summed E-state index contributed by atoms with van der Waals surface area (Å²) in [7, 11) is 0. The molecule has 2 rings (SSSR count). The van der Waals surface area contributed by atoms with E-state index in [-0.39, 0.29) is 5.12 Å². The van der Waals surface area contributed by atoms with Crippen LogP contribution in [0.4, 0.5) is 0 Å². The van der Waals surface area contributed by atoms with E-state index >= 15 is 0 Å². The lowest BCUT2D eigenvalue weighted by Gasteiger charge is -1.95. The molecule has 0 unspecified atom stereocenters. The largest absolute Gasteiger partial charge is 0.279 e. The van der Waals surface area contributed by atoms with Gasteiger partial charge in [-0.1, -0.05) is 36.4 Å². The summed E-state index contributed by atoms with van der Waals surface area (Å²) in [6.07, 6.45) is 1.74. The molecule has 0 aromatic heterocycles. The van der Waals surface area contributed by atoms with Gasteiger partial charge in [-0.25, -0.2) is 4.99 Å². The smallest absolute Gasteiger partial charge is 0.243 e. The minimum atomic E-state index is 0.0337. The molecule has 0 atom stereocenters. The first kappa shape index (κ1) is 9.21. The highest BCUT2D eigenvalue weighted by molar-refractivity contribution is 8.27. The van der Waals surface area contributed by atoms with Gasteiger partial charge in [0.05, 0.1) is 0 Å². The Balaban J connectivity index is 2.36. The van der Waals surface area contributed by atoms with Crippen LogP contribution in [0.15, 0.2) is 47.1 Å². The molecule has 3 heteroatoms. The molecule has 0 spiro atoms. The van der Waals surface area contributed by atoms with Gasteiger partial charge in [0.25, 0.3) is 0 Å². The molecule has 1 aromatic carbocycles. The standard InChI is InChI=1S/C11H9NOS/c1-2-9-11(13)14-10(12-9)8-6-4-3-5-7-8/h2-7H,1H3/b9-2+. The lowest BCUT2D eigenvalue weighted by molar-refractivity contribution is -0.107. The van der Waals surface area contributed by atoms with Gasteiger partial charge < -0.3 is 0 Å². The fourth-order valence-electron chi connectivity index (χ4n) is 1.20. The zero-order valence-electron chi connectivity index (χ0n) is 7.73. The molecule has 2 nitrogen and oxygen atoms in total. The number of hydrogen-bond acceptors (Lipinski definition) is 3. The number of allylic oxidation sites excluding steroid dienone is 1. The third kappa shape index (κ3) is 1.63. The van der Waals surface area contributed by atoms with Gasteiger partial charge in [-0.3, -0.25) is 4.79 Å². The molecule has 0 fully saturated rings. The molecule has 0 amide bonds. The summed E-state index contributed by atoms with van der Waals surface area (Å²) in [6, 6.07) is 9.74. The lowest BCUT2D eigenvalue weighted by Crippen LogP contribution is -1.91. The second-order valence-corrected chi connectivity index (χ2v) is 3.81. The van der Waals surface area contributed by atoms with Crippen LogP contribution in [-0.4, -0.2) is 10.2 Å². The second kappa shape index (κ2) is 3.80. The third-order valence-electron chi connectivity index (χ3n) is 1.91. The average molecular weight is 203 g/mol. The van der Waals surface area contributed by atoms with Crippen molar-refractivity contribution in [2.75, 3.05) is 0 Å². The fourth-order valence-corrected chi connectivity index (χ4v) is 2.05. The van der Waals surface area contributed by atoms with Gasteiger partial charge in [-0.05, 0) is 18.7 Å². The molecule has 0 N–H and O–H groups in total. The van der Waals surface area contributed by atoms with E-state index in [1.54, 1.807) is 6.08 Å². The van der Waals surface area contributed by atoms with E-state index in [0.29, 0.717) is 5.70 Å². The van der Waals surface area contributed by atoms with Crippen molar-refractivity contribution in [2.24, 2.45) is 4.99 Å².